The maximum atomic E-state index is 12.8. The number of aromatic nitrogens is 3. The Balaban J connectivity index is 2.15. The lowest BCUT2D eigenvalue weighted by Crippen LogP contribution is -2.36. The first-order chi connectivity index (χ1) is 10.5. The van der Waals surface area contributed by atoms with Crippen molar-refractivity contribution in [3.8, 4) is 0 Å². The quantitative estimate of drug-likeness (QED) is 0.824. The first kappa shape index (κ1) is 16.2. The van der Waals surface area contributed by atoms with Gasteiger partial charge in [-0.3, -0.25) is 9.78 Å². The Morgan fingerprint density at radius 1 is 1.23 bits per heavy atom. The van der Waals surface area contributed by atoms with Gasteiger partial charge >= 0.3 is 0 Å². The predicted molar refractivity (Wildman–Crippen MR) is 86.4 cm³/mol. The summed E-state index contributed by atoms with van der Waals surface area (Å²) in [7, 11) is 0. The van der Waals surface area contributed by atoms with E-state index in [4.69, 9.17) is 0 Å². The van der Waals surface area contributed by atoms with Gasteiger partial charge in [-0.15, -0.1) is 0 Å². The molecule has 0 aliphatic rings. The number of hydrogen-bond donors (Lipinski definition) is 0. The molecule has 2 aromatic heterocycles. The smallest absolute Gasteiger partial charge is 0.245 e. The van der Waals surface area contributed by atoms with E-state index in [0.29, 0.717) is 19.0 Å². The maximum absolute atomic E-state index is 12.8. The van der Waals surface area contributed by atoms with E-state index in [-0.39, 0.29) is 11.9 Å². The second-order valence-corrected chi connectivity index (χ2v) is 5.73. The maximum Gasteiger partial charge on any atom is 0.245 e. The molecule has 0 aliphatic heterocycles. The molecule has 0 fully saturated rings. The SMILES string of the molecule is CCN(Cc1ccncc1)C(=O)[C@@H](C)n1ccnc1C(C)C. The molecule has 118 valence electrons. The topological polar surface area (TPSA) is 51.0 Å². The number of nitrogens with zero attached hydrogens (tertiary/aromatic N) is 4. The molecule has 5 nitrogen and oxygen atoms in total. The van der Waals surface area contributed by atoms with Crippen molar-refractivity contribution in [2.75, 3.05) is 6.54 Å². The summed E-state index contributed by atoms with van der Waals surface area (Å²) in [5.41, 5.74) is 1.09. The molecule has 0 radical (unpaired) electrons. The van der Waals surface area contributed by atoms with Gasteiger partial charge in [0.1, 0.15) is 11.9 Å². The molecule has 0 saturated heterocycles. The van der Waals surface area contributed by atoms with Crippen LogP contribution in [0.5, 0.6) is 0 Å². The molecule has 1 atom stereocenters. The van der Waals surface area contributed by atoms with Gasteiger partial charge in [0.15, 0.2) is 0 Å². The van der Waals surface area contributed by atoms with Crippen LogP contribution in [0.2, 0.25) is 0 Å². The van der Waals surface area contributed by atoms with Crippen LogP contribution in [0.15, 0.2) is 36.9 Å². The fourth-order valence-corrected chi connectivity index (χ4v) is 2.54. The fraction of sp³-hybridized carbons (Fsp3) is 0.471. The Morgan fingerprint density at radius 3 is 2.50 bits per heavy atom. The van der Waals surface area contributed by atoms with E-state index < -0.39 is 0 Å². The first-order valence-electron chi connectivity index (χ1n) is 7.75. The van der Waals surface area contributed by atoms with Crippen LogP contribution in [0.1, 0.15) is 51.0 Å². The van der Waals surface area contributed by atoms with Gasteiger partial charge in [0.2, 0.25) is 5.91 Å². The highest BCUT2D eigenvalue weighted by molar-refractivity contribution is 5.80. The number of carbonyl (C=O) groups excluding carboxylic acids is 1. The molecule has 0 saturated carbocycles. The Morgan fingerprint density at radius 2 is 1.91 bits per heavy atom. The summed E-state index contributed by atoms with van der Waals surface area (Å²) in [6.45, 7) is 9.40. The monoisotopic (exact) mass is 300 g/mol. The van der Waals surface area contributed by atoms with E-state index in [0.717, 1.165) is 11.4 Å². The molecule has 0 aliphatic carbocycles. The highest BCUT2D eigenvalue weighted by Gasteiger charge is 2.23. The summed E-state index contributed by atoms with van der Waals surface area (Å²) in [6.07, 6.45) is 7.16. The Bertz CT molecular complexity index is 606. The molecule has 0 bridgehead atoms. The Kier molecular flexibility index (Phi) is 5.31. The molecule has 2 heterocycles. The molecule has 22 heavy (non-hydrogen) atoms. The van der Waals surface area contributed by atoms with Gasteiger partial charge < -0.3 is 9.47 Å². The first-order valence-corrected chi connectivity index (χ1v) is 7.75. The molecule has 2 rings (SSSR count). The Labute approximate surface area is 132 Å². The molecular weight excluding hydrogens is 276 g/mol. The van der Waals surface area contributed by atoms with Crippen LogP contribution in [-0.2, 0) is 11.3 Å². The van der Waals surface area contributed by atoms with Gasteiger partial charge in [-0.1, -0.05) is 13.8 Å². The molecule has 2 aromatic rings. The fourth-order valence-electron chi connectivity index (χ4n) is 2.54. The minimum absolute atomic E-state index is 0.110. The largest absolute Gasteiger partial charge is 0.337 e. The molecular formula is C17H24N4O. The van der Waals surface area contributed by atoms with Crippen molar-refractivity contribution in [2.24, 2.45) is 0 Å². The molecule has 0 N–H and O–H groups in total. The number of pyridine rings is 1. The minimum Gasteiger partial charge on any atom is -0.337 e. The van der Waals surface area contributed by atoms with Crippen LogP contribution >= 0.6 is 0 Å². The summed E-state index contributed by atoms with van der Waals surface area (Å²) < 4.78 is 1.97. The van der Waals surface area contributed by atoms with E-state index in [9.17, 15) is 4.79 Å². The van der Waals surface area contributed by atoms with Crippen LogP contribution in [0.3, 0.4) is 0 Å². The zero-order valence-corrected chi connectivity index (χ0v) is 13.7. The highest BCUT2D eigenvalue weighted by atomic mass is 16.2. The van der Waals surface area contributed by atoms with Crippen molar-refractivity contribution < 1.29 is 4.79 Å². The summed E-state index contributed by atoms with van der Waals surface area (Å²) in [4.78, 5) is 23.1. The number of rotatable bonds is 6. The third kappa shape index (κ3) is 3.53. The lowest BCUT2D eigenvalue weighted by molar-refractivity contribution is -0.134. The van der Waals surface area contributed by atoms with Gasteiger partial charge in [0.05, 0.1) is 0 Å². The summed E-state index contributed by atoms with van der Waals surface area (Å²) >= 11 is 0. The highest BCUT2D eigenvalue weighted by Crippen LogP contribution is 2.19. The zero-order valence-electron chi connectivity index (χ0n) is 13.7. The Hall–Kier alpha value is -2.17. The number of imidazole rings is 1. The number of amides is 1. The van der Waals surface area contributed by atoms with E-state index >= 15 is 0 Å². The second-order valence-electron chi connectivity index (χ2n) is 5.73. The van der Waals surface area contributed by atoms with Gasteiger partial charge in [0, 0.05) is 43.8 Å². The molecule has 5 heteroatoms. The number of carbonyl (C=O) groups is 1. The number of likely N-dealkylation sites (N-methyl/N-ethyl adjacent to an activating group) is 1. The van der Waals surface area contributed by atoms with Crippen LogP contribution < -0.4 is 0 Å². The normalized spacial score (nSPS) is 12.4. The number of hydrogen-bond acceptors (Lipinski definition) is 3. The summed E-state index contributed by atoms with van der Waals surface area (Å²) in [6, 6.07) is 3.64. The van der Waals surface area contributed by atoms with Gasteiger partial charge in [-0.2, -0.15) is 0 Å². The van der Waals surface area contributed by atoms with Crippen molar-refractivity contribution in [2.45, 2.75) is 46.2 Å². The van der Waals surface area contributed by atoms with E-state index in [1.54, 1.807) is 18.6 Å². The van der Waals surface area contributed by atoms with E-state index in [1.165, 1.54) is 0 Å². The van der Waals surface area contributed by atoms with Crippen LogP contribution in [0, 0.1) is 0 Å². The minimum atomic E-state index is -0.248. The van der Waals surface area contributed by atoms with Gasteiger partial charge in [-0.05, 0) is 31.5 Å². The van der Waals surface area contributed by atoms with E-state index in [1.807, 2.05) is 41.6 Å². The van der Waals surface area contributed by atoms with Crippen molar-refractivity contribution in [1.82, 2.24) is 19.4 Å². The average molecular weight is 300 g/mol. The second kappa shape index (κ2) is 7.20. The van der Waals surface area contributed by atoms with Crippen molar-refractivity contribution in [1.29, 1.82) is 0 Å². The standard InChI is InChI=1S/C17H24N4O/c1-5-20(12-15-6-8-18-9-7-15)17(22)14(4)21-11-10-19-16(21)13(2)3/h6-11,13-14H,5,12H2,1-4H3/t14-/m1/s1. The zero-order chi connectivity index (χ0) is 16.1. The third-order valence-corrected chi connectivity index (χ3v) is 3.81. The predicted octanol–water partition coefficient (Wildman–Crippen LogP) is 3.01. The summed E-state index contributed by atoms with van der Waals surface area (Å²) in [5.74, 6) is 1.35. The molecule has 0 spiro atoms. The van der Waals surface area contributed by atoms with E-state index in [2.05, 4.69) is 23.8 Å². The van der Waals surface area contributed by atoms with Crippen molar-refractivity contribution in [3.63, 3.8) is 0 Å². The third-order valence-electron chi connectivity index (χ3n) is 3.81. The lowest BCUT2D eigenvalue weighted by Gasteiger charge is -2.26. The molecule has 0 aromatic carbocycles. The van der Waals surface area contributed by atoms with Gasteiger partial charge in [-0.25, -0.2) is 4.98 Å². The molecule has 1 amide bonds. The summed E-state index contributed by atoms with van der Waals surface area (Å²) in [5, 5.41) is 0. The lowest BCUT2D eigenvalue weighted by atomic mass is 10.1. The van der Waals surface area contributed by atoms with Crippen LogP contribution in [0.25, 0.3) is 0 Å². The van der Waals surface area contributed by atoms with Crippen LogP contribution in [-0.4, -0.2) is 31.9 Å². The van der Waals surface area contributed by atoms with Crippen LogP contribution in [0.4, 0.5) is 0 Å². The van der Waals surface area contributed by atoms with Gasteiger partial charge in [0.25, 0.3) is 0 Å². The van der Waals surface area contributed by atoms with Crippen molar-refractivity contribution in [3.05, 3.63) is 48.3 Å². The van der Waals surface area contributed by atoms with Crippen molar-refractivity contribution >= 4 is 5.91 Å². The molecule has 0 unspecified atom stereocenters. The average Bonchev–Trinajstić information content (AvgIpc) is 3.02.